The Morgan fingerprint density at radius 1 is 1.29 bits per heavy atom. The van der Waals surface area contributed by atoms with Crippen LogP contribution in [0.1, 0.15) is 44.5 Å². The molecular weight excluding hydrogens is 455 g/mol. The molecule has 2 aromatic rings. The van der Waals surface area contributed by atoms with E-state index in [-0.39, 0.29) is 29.8 Å². The molecule has 2 aliphatic heterocycles. The van der Waals surface area contributed by atoms with Crippen molar-refractivity contribution in [3.8, 4) is 5.88 Å². The Morgan fingerprint density at radius 3 is 2.71 bits per heavy atom. The van der Waals surface area contributed by atoms with Crippen LogP contribution < -0.4 is 15.0 Å². The van der Waals surface area contributed by atoms with Crippen LogP contribution in [0.3, 0.4) is 0 Å². The van der Waals surface area contributed by atoms with Gasteiger partial charge in [-0.3, -0.25) is 9.59 Å². The number of pyridine rings is 2. The van der Waals surface area contributed by atoms with E-state index in [9.17, 15) is 14.0 Å². The largest absolute Gasteiger partial charge is 0.472 e. The second kappa shape index (κ2) is 9.57. The lowest BCUT2D eigenvalue weighted by atomic mass is 9.87. The Hall–Kier alpha value is -3.60. The van der Waals surface area contributed by atoms with Crippen molar-refractivity contribution >= 4 is 29.2 Å². The third kappa shape index (κ3) is 5.24. The van der Waals surface area contributed by atoms with E-state index >= 15 is 0 Å². The molecule has 2 atom stereocenters. The van der Waals surface area contributed by atoms with Crippen LogP contribution >= 0.6 is 0 Å². The van der Waals surface area contributed by atoms with Crippen LogP contribution in [0, 0.1) is 11.2 Å². The average Bonchev–Trinajstić information content (AvgIpc) is 3.25. The summed E-state index contributed by atoms with van der Waals surface area (Å²) in [4.78, 5) is 36.5. The number of hydrogen-bond acceptors (Lipinski definition) is 8. The standard InChI is InChI=1S/C24H29FN6O4/c1-14(13-34-5)35-20-9-7-16-22(28-20)30(12-19(32)27-18-8-6-15(25)11-26-18)21-10-17(24(2,3)4)29-31(21)23(16)33/h6-9,11,14,21H,10,12-13H2,1-5H3,(H,26,27,32)/t14-,21-/m0/s1. The van der Waals surface area contributed by atoms with Gasteiger partial charge < -0.3 is 19.7 Å². The molecule has 2 amide bonds. The van der Waals surface area contributed by atoms with Gasteiger partial charge in [0.25, 0.3) is 5.91 Å². The summed E-state index contributed by atoms with van der Waals surface area (Å²) in [7, 11) is 1.58. The first kappa shape index (κ1) is 24.5. The van der Waals surface area contributed by atoms with Crippen LogP contribution in [-0.4, -0.2) is 65.0 Å². The zero-order valence-corrected chi connectivity index (χ0v) is 20.4. The van der Waals surface area contributed by atoms with E-state index < -0.39 is 17.9 Å². The molecule has 0 fully saturated rings. The summed E-state index contributed by atoms with van der Waals surface area (Å²) in [5.41, 5.74) is 0.909. The maximum absolute atomic E-state index is 13.3. The lowest BCUT2D eigenvalue weighted by Crippen LogP contribution is -2.53. The molecule has 11 heteroatoms. The van der Waals surface area contributed by atoms with Crippen LogP contribution in [-0.2, 0) is 9.53 Å². The molecule has 0 saturated carbocycles. The van der Waals surface area contributed by atoms with Gasteiger partial charge in [0.2, 0.25) is 11.8 Å². The summed E-state index contributed by atoms with van der Waals surface area (Å²) in [5.74, 6) is -0.307. The number of carbonyl (C=O) groups excluding carboxylic acids is 2. The molecule has 0 spiro atoms. The topological polar surface area (TPSA) is 109 Å². The smallest absolute Gasteiger partial charge is 0.279 e. The summed E-state index contributed by atoms with van der Waals surface area (Å²) >= 11 is 0. The minimum Gasteiger partial charge on any atom is -0.472 e. The van der Waals surface area contributed by atoms with Gasteiger partial charge in [-0.2, -0.15) is 10.1 Å². The third-order valence-corrected chi connectivity index (χ3v) is 5.70. The van der Waals surface area contributed by atoms with Gasteiger partial charge >= 0.3 is 0 Å². The molecule has 0 aromatic carbocycles. The van der Waals surface area contributed by atoms with Gasteiger partial charge in [0, 0.05) is 30.7 Å². The Kier molecular flexibility index (Phi) is 6.70. The highest BCUT2D eigenvalue weighted by molar-refractivity contribution is 6.05. The van der Waals surface area contributed by atoms with Crippen LogP contribution in [0.15, 0.2) is 35.6 Å². The number of hydrogen-bond donors (Lipinski definition) is 1. The van der Waals surface area contributed by atoms with Crippen molar-refractivity contribution in [2.45, 2.75) is 46.4 Å². The van der Waals surface area contributed by atoms with Crippen molar-refractivity contribution in [1.29, 1.82) is 0 Å². The van der Waals surface area contributed by atoms with Crippen molar-refractivity contribution in [2.75, 3.05) is 30.5 Å². The van der Waals surface area contributed by atoms with Crippen LogP contribution in [0.5, 0.6) is 5.88 Å². The molecule has 0 unspecified atom stereocenters. The molecular formula is C24H29FN6O4. The van der Waals surface area contributed by atoms with E-state index in [4.69, 9.17) is 9.47 Å². The number of nitrogens with one attached hydrogen (secondary N) is 1. The van der Waals surface area contributed by atoms with Crippen molar-refractivity contribution < 1.29 is 23.5 Å². The Bertz CT molecular complexity index is 1150. The fraction of sp³-hybridized carbons (Fsp3) is 0.458. The van der Waals surface area contributed by atoms with E-state index in [2.05, 4.69) is 20.4 Å². The summed E-state index contributed by atoms with van der Waals surface area (Å²) in [5, 5.41) is 8.69. The minimum atomic E-state index is -0.518. The number of ether oxygens (including phenoxy) is 2. The SMILES string of the molecule is COC[C@H](C)Oc1ccc2c(n1)N(CC(=O)Nc1ccc(F)cn1)[C@@H]1CC(C(C)(C)C)=NN1C2=O. The number of methoxy groups -OCH3 is 1. The summed E-state index contributed by atoms with van der Waals surface area (Å²) < 4.78 is 24.2. The highest BCUT2D eigenvalue weighted by atomic mass is 19.1. The number of hydrazone groups is 1. The van der Waals surface area contributed by atoms with Crippen LogP contribution in [0.25, 0.3) is 0 Å². The molecule has 0 aliphatic carbocycles. The number of rotatable bonds is 7. The van der Waals surface area contributed by atoms with E-state index in [1.165, 1.54) is 17.1 Å². The summed E-state index contributed by atoms with van der Waals surface area (Å²) in [6.07, 6.45) is 0.711. The summed E-state index contributed by atoms with van der Waals surface area (Å²) in [6, 6.07) is 5.85. The lowest BCUT2D eigenvalue weighted by molar-refractivity contribution is -0.115. The predicted molar refractivity (Wildman–Crippen MR) is 128 cm³/mol. The highest BCUT2D eigenvalue weighted by Gasteiger charge is 2.45. The molecule has 186 valence electrons. The number of anilines is 2. The lowest BCUT2D eigenvalue weighted by Gasteiger charge is -2.39. The molecule has 2 aromatic heterocycles. The monoisotopic (exact) mass is 484 g/mol. The van der Waals surface area contributed by atoms with Crippen molar-refractivity contribution in [3.05, 3.63) is 41.8 Å². The van der Waals surface area contributed by atoms with Gasteiger partial charge in [-0.1, -0.05) is 20.8 Å². The van der Waals surface area contributed by atoms with Gasteiger partial charge in [-0.05, 0) is 25.1 Å². The van der Waals surface area contributed by atoms with Gasteiger partial charge in [-0.25, -0.2) is 14.4 Å². The van der Waals surface area contributed by atoms with Crippen molar-refractivity contribution in [2.24, 2.45) is 10.5 Å². The first-order valence-corrected chi connectivity index (χ1v) is 11.3. The molecule has 0 radical (unpaired) electrons. The number of amides is 2. The number of aromatic nitrogens is 2. The molecule has 10 nitrogen and oxygen atoms in total. The molecule has 0 saturated heterocycles. The number of fused-ring (bicyclic) bond motifs is 2. The van der Waals surface area contributed by atoms with Crippen LogP contribution in [0.2, 0.25) is 0 Å². The zero-order valence-electron chi connectivity index (χ0n) is 20.4. The first-order chi connectivity index (χ1) is 16.6. The maximum Gasteiger partial charge on any atom is 0.279 e. The molecule has 2 aliphatic rings. The van der Waals surface area contributed by atoms with E-state index in [1.807, 2.05) is 27.7 Å². The third-order valence-electron chi connectivity index (χ3n) is 5.70. The number of nitrogens with zero attached hydrogens (tertiary/aromatic N) is 5. The second-order valence-corrected chi connectivity index (χ2v) is 9.57. The van der Waals surface area contributed by atoms with E-state index in [0.717, 1.165) is 11.9 Å². The molecule has 35 heavy (non-hydrogen) atoms. The van der Waals surface area contributed by atoms with Gasteiger partial charge in [0.15, 0.2) is 0 Å². The van der Waals surface area contributed by atoms with E-state index in [1.54, 1.807) is 24.1 Å². The molecule has 0 bridgehead atoms. The quantitative estimate of drug-likeness (QED) is 0.643. The van der Waals surface area contributed by atoms with Crippen molar-refractivity contribution in [3.63, 3.8) is 0 Å². The Balaban J connectivity index is 1.66. The van der Waals surface area contributed by atoms with Gasteiger partial charge in [0.1, 0.15) is 36.3 Å². The zero-order chi connectivity index (χ0) is 25.3. The van der Waals surface area contributed by atoms with Crippen molar-refractivity contribution in [1.82, 2.24) is 15.0 Å². The Morgan fingerprint density at radius 2 is 2.06 bits per heavy atom. The highest BCUT2D eigenvalue weighted by Crippen LogP contribution is 2.38. The average molecular weight is 485 g/mol. The number of carbonyl (C=O) groups is 2. The fourth-order valence-electron chi connectivity index (χ4n) is 3.97. The molecule has 4 rings (SSSR count). The summed E-state index contributed by atoms with van der Waals surface area (Å²) in [6.45, 7) is 8.17. The normalized spacial score (nSPS) is 18.1. The number of halogens is 1. The second-order valence-electron chi connectivity index (χ2n) is 9.57. The first-order valence-electron chi connectivity index (χ1n) is 11.3. The van der Waals surface area contributed by atoms with Crippen LogP contribution in [0.4, 0.5) is 16.0 Å². The van der Waals surface area contributed by atoms with Gasteiger partial charge in [-0.15, -0.1) is 0 Å². The van der Waals surface area contributed by atoms with E-state index in [0.29, 0.717) is 30.3 Å². The molecule has 4 heterocycles. The minimum absolute atomic E-state index is 0.127. The maximum atomic E-state index is 13.3. The predicted octanol–water partition coefficient (Wildman–Crippen LogP) is 3.06. The Labute approximate surface area is 203 Å². The fourth-order valence-corrected chi connectivity index (χ4v) is 3.97. The molecule has 1 N–H and O–H groups in total. The van der Waals surface area contributed by atoms with Gasteiger partial charge in [0.05, 0.1) is 18.4 Å².